The SMILES string of the molecule is C[C@@H]1CN(Cc2ccccc2)C[C@@H](C)C1NCc1ncnn1C. The minimum atomic E-state index is 0.527. The summed E-state index contributed by atoms with van der Waals surface area (Å²) in [6.45, 7) is 8.80. The third kappa shape index (κ3) is 3.98. The van der Waals surface area contributed by atoms with Gasteiger partial charge in [0, 0.05) is 32.7 Å². The summed E-state index contributed by atoms with van der Waals surface area (Å²) in [5, 5.41) is 7.83. The third-order valence-corrected chi connectivity index (χ3v) is 4.87. The predicted octanol–water partition coefficient (Wildman–Crippen LogP) is 2.06. The molecule has 5 nitrogen and oxygen atoms in total. The zero-order valence-electron chi connectivity index (χ0n) is 14.3. The van der Waals surface area contributed by atoms with Crippen molar-refractivity contribution in [3.8, 4) is 0 Å². The van der Waals surface area contributed by atoms with Gasteiger partial charge in [-0.3, -0.25) is 9.58 Å². The molecule has 1 N–H and O–H groups in total. The number of likely N-dealkylation sites (tertiary alicyclic amines) is 1. The average Bonchev–Trinajstić information content (AvgIpc) is 2.93. The standard InChI is InChI=1S/C18H27N5/c1-14-10-23(12-16-7-5-4-6-8-16)11-15(2)18(14)19-9-17-20-13-21-22(17)3/h4-8,13-15,18-19H,9-12H2,1-3H3/t14-,15-/m1/s1. The van der Waals surface area contributed by atoms with Gasteiger partial charge in [0.15, 0.2) is 0 Å². The van der Waals surface area contributed by atoms with Crippen LogP contribution in [0.1, 0.15) is 25.2 Å². The molecule has 0 saturated carbocycles. The maximum atomic E-state index is 4.30. The fourth-order valence-electron chi connectivity index (χ4n) is 3.74. The van der Waals surface area contributed by atoms with E-state index < -0.39 is 0 Å². The zero-order chi connectivity index (χ0) is 16.2. The van der Waals surface area contributed by atoms with Crippen molar-refractivity contribution in [3.63, 3.8) is 0 Å². The molecule has 5 heteroatoms. The second-order valence-electron chi connectivity index (χ2n) is 6.84. The molecular formula is C18H27N5. The molecule has 0 unspecified atom stereocenters. The summed E-state index contributed by atoms with van der Waals surface area (Å²) < 4.78 is 1.84. The van der Waals surface area contributed by atoms with E-state index in [2.05, 4.69) is 64.5 Å². The summed E-state index contributed by atoms with van der Waals surface area (Å²) in [4.78, 5) is 6.87. The van der Waals surface area contributed by atoms with Crippen LogP contribution in [0.15, 0.2) is 36.7 Å². The van der Waals surface area contributed by atoms with Crippen LogP contribution in [0.2, 0.25) is 0 Å². The first-order chi connectivity index (χ1) is 11.1. The summed E-state index contributed by atoms with van der Waals surface area (Å²) in [5.41, 5.74) is 1.40. The van der Waals surface area contributed by atoms with E-state index in [1.807, 2.05) is 11.7 Å². The largest absolute Gasteiger partial charge is 0.306 e. The highest BCUT2D eigenvalue weighted by molar-refractivity contribution is 5.14. The van der Waals surface area contributed by atoms with Gasteiger partial charge >= 0.3 is 0 Å². The van der Waals surface area contributed by atoms with Gasteiger partial charge in [-0.15, -0.1) is 0 Å². The summed E-state index contributed by atoms with van der Waals surface area (Å²) in [7, 11) is 1.94. The molecule has 2 atom stereocenters. The molecule has 1 aliphatic rings. The Bertz CT molecular complexity index is 597. The smallest absolute Gasteiger partial charge is 0.140 e. The van der Waals surface area contributed by atoms with Crippen LogP contribution >= 0.6 is 0 Å². The van der Waals surface area contributed by atoms with Crippen molar-refractivity contribution >= 4 is 0 Å². The molecular weight excluding hydrogens is 286 g/mol. The Morgan fingerprint density at radius 2 is 1.83 bits per heavy atom. The van der Waals surface area contributed by atoms with Gasteiger partial charge in [-0.1, -0.05) is 44.2 Å². The molecule has 0 amide bonds. The van der Waals surface area contributed by atoms with Crippen molar-refractivity contribution in [3.05, 3.63) is 48.0 Å². The molecule has 1 aromatic carbocycles. The molecule has 3 rings (SSSR count). The van der Waals surface area contributed by atoms with Gasteiger partial charge in [-0.25, -0.2) is 4.98 Å². The molecule has 1 saturated heterocycles. The Hall–Kier alpha value is -1.72. The van der Waals surface area contributed by atoms with Crippen molar-refractivity contribution in [1.29, 1.82) is 0 Å². The summed E-state index contributed by atoms with van der Waals surface area (Å²) in [6, 6.07) is 11.3. The van der Waals surface area contributed by atoms with E-state index in [1.54, 1.807) is 6.33 Å². The first-order valence-electron chi connectivity index (χ1n) is 8.46. The average molecular weight is 313 g/mol. The quantitative estimate of drug-likeness (QED) is 0.918. The van der Waals surface area contributed by atoms with Gasteiger partial charge in [-0.2, -0.15) is 5.10 Å². The first-order valence-corrected chi connectivity index (χ1v) is 8.46. The minimum absolute atomic E-state index is 0.527. The Balaban J connectivity index is 1.55. The van der Waals surface area contributed by atoms with Crippen molar-refractivity contribution in [2.75, 3.05) is 13.1 Å². The van der Waals surface area contributed by atoms with E-state index in [-0.39, 0.29) is 0 Å². The van der Waals surface area contributed by atoms with E-state index >= 15 is 0 Å². The van der Waals surface area contributed by atoms with E-state index in [9.17, 15) is 0 Å². The highest BCUT2D eigenvalue weighted by Gasteiger charge is 2.31. The fraction of sp³-hybridized carbons (Fsp3) is 0.556. The highest BCUT2D eigenvalue weighted by atomic mass is 15.3. The van der Waals surface area contributed by atoms with Gasteiger partial charge in [0.1, 0.15) is 12.2 Å². The first kappa shape index (κ1) is 16.1. The number of aromatic nitrogens is 3. The Morgan fingerprint density at radius 1 is 1.13 bits per heavy atom. The molecule has 0 radical (unpaired) electrons. The maximum absolute atomic E-state index is 4.30. The highest BCUT2D eigenvalue weighted by Crippen LogP contribution is 2.23. The summed E-state index contributed by atoms with van der Waals surface area (Å²) >= 11 is 0. The number of nitrogens with one attached hydrogen (secondary N) is 1. The van der Waals surface area contributed by atoms with Crippen LogP contribution in [0.4, 0.5) is 0 Å². The number of nitrogens with zero attached hydrogens (tertiary/aromatic N) is 4. The van der Waals surface area contributed by atoms with Crippen LogP contribution in [0.25, 0.3) is 0 Å². The second-order valence-corrected chi connectivity index (χ2v) is 6.84. The lowest BCUT2D eigenvalue weighted by Gasteiger charge is -2.42. The number of benzene rings is 1. The number of hydrogen-bond acceptors (Lipinski definition) is 4. The molecule has 1 aromatic heterocycles. The normalized spacial score (nSPS) is 23.3. The van der Waals surface area contributed by atoms with Crippen molar-refractivity contribution in [2.45, 2.75) is 33.0 Å². The van der Waals surface area contributed by atoms with Gasteiger partial charge in [0.05, 0.1) is 6.54 Å². The van der Waals surface area contributed by atoms with Crippen LogP contribution in [0.3, 0.4) is 0 Å². The third-order valence-electron chi connectivity index (χ3n) is 4.87. The van der Waals surface area contributed by atoms with Gasteiger partial charge in [0.25, 0.3) is 0 Å². The number of piperidine rings is 1. The number of aryl methyl sites for hydroxylation is 1. The van der Waals surface area contributed by atoms with Crippen LogP contribution in [0.5, 0.6) is 0 Å². The topological polar surface area (TPSA) is 46.0 Å². The van der Waals surface area contributed by atoms with Crippen LogP contribution in [-0.4, -0.2) is 38.8 Å². The van der Waals surface area contributed by atoms with E-state index in [1.165, 1.54) is 5.56 Å². The molecule has 2 aromatic rings. The lowest BCUT2D eigenvalue weighted by Crippen LogP contribution is -2.53. The summed E-state index contributed by atoms with van der Waals surface area (Å²) in [5.74, 6) is 2.24. The fourth-order valence-corrected chi connectivity index (χ4v) is 3.74. The lowest BCUT2D eigenvalue weighted by molar-refractivity contribution is 0.0934. The van der Waals surface area contributed by atoms with E-state index in [4.69, 9.17) is 0 Å². The molecule has 124 valence electrons. The monoisotopic (exact) mass is 313 g/mol. The minimum Gasteiger partial charge on any atom is -0.306 e. The molecule has 0 aliphatic carbocycles. The lowest BCUT2D eigenvalue weighted by atomic mass is 9.85. The van der Waals surface area contributed by atoms with Crippen molar-refractivity contribution < 1.29 is 0 Å². The van der Waals surface area contributed by atoms with Crippen LogP contribution in [-0.2, 0) is 20.1 Å². The van der Waals surface area contributed by atoms with Crippen LogP contribution < -0.4 is 5.32 Å². The van der Waals surface area contributed by atoms with Crippen molar-refractivity contribution in [2.24, 2.45) is 18.9 Å². The number of hydrogen-bond donors (Lipinski definition) is 1. The molecule has 0 spiro atoms. The number of rotatable bonds is 5. The van der Waals surface area contributed by atoms with Gasteiger partial charge in [-0.05, 0) is 17.4 Å². The Kier molecular flexibility index (Phi) is 5.08. The Labute approximate surface area is 138 Å². The molecule has 0 bridgehead atoms. The van der Waals surface area contributed by atoms with E-state index in [0.29, 0.717) is 17.9 Å². The molecule has 1 aliphatic heterocycles. The molecule has 1 fully saturated rings. The molecule has 2 heterocycles. The zero-order valence-corrected chi connectivity index (χ0v) is 14.3. The maximum Gasteiger partial charge on any atom is 0.140 e. The van der Waals surface area contributed by atoms with E-state index in [0.717, 1.165) is 32.0 Å². The van der Waals surface area contributed by atoms with Gasteiger partial charge in [0.2, 0.25) is 0 Å². The predicted molar refractivity (Wildman–Crippen MR) is 91.7 cm³/mol. The second kappa shape index (κ2) is 7.23. The van der Waals surface area contributed by atoms with Gasteiger partial charge < -0.3 is 5.32 Å². The molecule has 23 heavy (non-hydrogen) atoms. The van der Waals surface area contributed by atoms with Crippen LogP contribution in [0, 0.1) is 11.8 Å². The Morgan fingerprint density at radius 3 is 2.43 bits per heavy atom. The summed E-state index contributed by atoms with van der Waals surface area (Å²) in [6.07, 6.45) is 1.62. The van der Waals surface area contributed by atoms with Crippen molar-refractivity contribution in [1.82, 2.24) is 25.0 Å².